The van der Waals surface area contributed by atoms with Crippen LogP contribution in [0.5, 0.6) is 0 Å². The van der Waals surface area contributed by atoms with Crippen LogP contribution in [0.15, 0.2) is 182 Å². The van der Waals surface area contributed by atoms with Crippen molar-refractivity contribution >= 4 is 54.1 Å². The van der Waals surface area contributed by atoms with Gasteiger partial charge in [0.15, 0.2) is 0 Å². The zero-order valence-electron chi connectivity index (χ0n) is 27.2. The van der Waals surface area contributed by atoms with Crippen molar-refractivity contribution in [2.45, 2.75) is 0 Å². The molecule has 2 heterocycles. The maximum absolute atomic E-state index is 5.34. The average molecular weight is 635 g/mol. The Morgan fingerprint density at radius 2 is 0.680 bits per heavy atom. The summed E-state index contributed by atoms with van der Waals surface area (Å²) >= 11 is 0. The van der Waals surface area contributed by atoms with Gasteiger partial charge in [0.25, 0.3) is 0 Å². The molecule has 2 heteroatoms. The van der Waals surface area contributed by atoms with Crippen molar-refractivity contribution in [3.05, 3.63) is 182 Å². The number of rotatable bonds is 4. The molecular formula is C48H30N2. The Morgan fingerprint density at radius 1 is 0.260 bits per heavy atom. The van der Waals surface area contributed by atoms with E-state index in [1.807, 2.05) is 6.07 Å². The molecule has 0 spiro atoms. The van der Waals surface area contributed by atoms with Crippen molar-refractivity contribution in [2.24, 2.45) is 0 Å². The molecule has 0 N–H and O–H groups in total. The molecule has 0 bridgehead atoms. The highest BCUT2D eigenvalue weighted by molar-refractivity contribution is 6.24. The highest BCUT2D eigenvalue weighted by Gasteiger charge is 2.19. The van der Waals surface area contributed by atoms with Crippen molar-refractivity contribution in [2.75, 3.05) is 0 Å². The van der Waals surface area contributed by atoms with Crippen LogP contribution < -0.4 is 0 Å². The van der Waals surface area contributed by atoms with Gasteiger partial charge in [-0.15, -0.1) is 0 Å². The van der Waals surface area contributed by atoms with E-state index in [1.54, 1.807) is 0 Å². The molecule has 232 valence electrons. The maximum Gasteiger partial charge on any atom is 0.0972 e. The molecule has 0 fully saturated rings. The Bertz CT molecular complexity index is 2850. The van der Waals surface area contributed by atoms with E-state index in [1.165, 1.54) is 54.6 Å². The highest BCUT2D eigenvalue weighted by atomic mass is 14.8. The van der Waals surface area contributed by atoms with E-state index in [-0.39, 0.29) is 0 Å². The second-order valence-corrected chi connectivity index (χ2v) is 12.9. The van der Waals surface area contributed by atoms with Crippen LogP contribution in [0.3, 0.4) is 0 Å². The van der Waals surface area contributed by atoms with Gasteiger partial charge in [-0.1, -0.05) is 170 Å². The minimum atomic E-state index is 0.916. The molecule has 0 aliphatic heterocycles. The smallest absolute Gasteiger partial charge is 0.0972 e. The van der Waals surface area contributed by atoms with Crippen molar-refractivity contribution in [1.82, 2.24) is 9.97 Å². The summed E-state index contributed by atoms with van der Waals surface area (Å²) in [7, 11) is 0. The summed E-state index contributed by atoms with van der Waals surface area (Å²) < 4.78 is 0. The van der Waals surface area contributed by atoms with E-state index in [0.29, 0.717) is 0 Å². The molecule has 0 amide bonds. The van der Waals surface area contributed by atoms with Crippen LogP contribution in [-0.2, 0) is 0 Å². The average Bonchev–Trinajstić information content (AvgIpc) is 3.19. The van der Waals surface area contributed by atoms with Crippen LogP contribution in [0.25, 0.3) is 98.9 Å². The first-order valence-corrected chi connectivity index (χ1v) is 17.1. The van der Waals surface area contributed by atoms with Gasteiger partial charge in [0.2, 0.25) is 0 Å². The van der Waals surface area contributed by atoms with Gasteiger partial charge in [0, 0.05) is 21.9 Å². The van der Waals surface area contributed by atoms with Crippen LogP contribution >= 0.6 is 0 Å². The molecule has 0 saturated heterocycles. The summed E-state index contributed by atoms with van der Waals surface area (Å²) in [6.45, 7) is 0. The number of aromatic nitrogens is 2. The van der Waals surface area contributed by atoms with E-state index < -0.39 is 0 Å². The minimum absolute atomic E-state index is 0.916. The number of pyridine rings is 2. The topological polar surface area (TPSA) is 25.8 Å². The van der Waals surface area contributed by atoms with Crippen LogP contribution in [-0.4, -0.2) is 9.97 Å². The first-order valence-electron chi connectivity index (χ1n) is 17.1. The van der Waals surface area contributed by atoms with Gasteiger partial charge in [-0.2, -0.15) is 0 Å². The third-order valence-corrected chi connectivity index (χ3v) is 10.1. The Balaban J connectivity index is 1.21. The fourth-order valence-electron chi connectivity index (χ4n) is 7.77. The van der Waals surface area contributed by atoms with E-state index >= 15 is 0 Å². The van der Waals surface area contributed by atoms with Gasteiger partial charge < -0.3 is 0 Å². The lowest BCUT2D eigenvalue weighted by molar-refractivity contribution is 1.37. The Hall–Kier alpha value is -6.64. The SMILES string of the molecule is c1ccc(-c2ccc3ccc4ccc(-c5cccc6c(-c7c8ccccc8c(-c8ccccc8)c8ccccc78)cccc56)nc4c3n2)cc1. The number of nitrogens with zero attached hydrogens (tertiary/aromatic N) is 2. The molecular weight excluding hydrogens is 605 g/mol. The first-order chi connectivity index (χ1) is 24.8. The van der Waals surface area contributed by atoms with Crippen molar-refractivity contribution in [3.8, 4) is 44.8 Å². The Labute approximate surface area is 290 Å². The predicted octanol–water partition coefficient (Wildman–Crippen LogP) is 12.9. The van der Waals surface area contributed by atoms with E-state index in [2.05, 4.69) is 176 Å². The van der Waals surface area contributed by atoms with Gasteiger partial charge in [-0.05, 0) is 66.7 Å². The summed E-state index contributed by atoms with van der Waals surface area (Å²) in [5.41, 5.74) is 10.9. The Morgan fingerprint density at radius 3 is 1.28 bits per heavy atom. The van der Waals surface area contributed by atoms with E-state index in [0.717, 1.165) is 44.3 Å². The molecule has 8 aromatic carbocycles. The molecule has 0 unspecified atom stereocenters. The van der Waals surface area contributed by atoms with Crippen LogP contribution in [0.4, 0.5) is 0 Å². The standard InChI is InChI=1S/C48H30N2/c1-3-13-31(14-4-1)43-29-27-33-25-26-34-28-30-44(50-48(34)47(33)49-43)37-23-11-22-36-35(37)21-12-24-38(36)46-41-19-9-7-17-39(41)45(32-15-5-2-6-16-32)40-18-8-10-20-42(40)46/h1-30H. The van der Waals surface area contributed by atoms with Gasteiger partial charge in [-0.3, -0.25) is 0 Å². The third kappa shape index (κ3) is 4.50. The molecule has 0 aliphatic carbocycles. The van der Waals surface area contributed by atoms with Gasteiger partial charge in [0.05, 0.1) is 22.4 Å². The lowest BCUT2D eigenvalue weighted by Gasteiger charge is -2.19. The van der Waals surface area contributed by atoms with Gasteiger partial charge >= 0.3 is 0 Å². The molecule has 0 radical (unpaired) electrons. The number of fused-ring (bicyclic) bond motifs is 6. The van der Waals surface area contributed by atoms with E-state index in [9.17, 15) is 0 Å². The summed E-state index contributed by atoms with van der Waals surface area (Å²) in [6, 6.07) is 65.0. The third-order valence-electron chi connectivity index (χ3n) is 10.1. The van der Waals surface area contributed by atoms with Gasteiger partial charge in [0.1, 0.15) is 0 Å². The number of hydrogen-bond donors (Lipinski definition) is 0. The number of hydrogen-bond acceptors (Lipinski definition) is 2. The molecule has 2 aromatic heterocycles. The zero-order valence-corrected chi connectivity index (χ0v) is 27.2. The summed E-state index contributed by atoms with van der Waals surface area (Å²) in [4.78, 5) is 10.5. The fourth-order valence-corrected chi connectivity index (χ4v) is 7.77. The first kappa shape index (κ1) is 28.4. The lowest BCUT2D eigenvalue weighted by Crippen LogP contribution is -1.93. The Kier molecular flexibility index (Phi) is 6.53. The monoisotopic (exact) mass is 634 g/mol. The molecule has 0 aliphatic rings. The van der Waals surface area contributed by atoms with Crippen molar-refractivity contribution in [3.63, 3.8) is 0 Å². The van der Waals surface area contributed by atoms with Crippen LogP contribution in [0, 0.1) is 0 Å². The highest BCUT2D eigenvalue weighted by Crippen LogP contribution is 2.46. The molecule has 2 nitrogen and oxygen atoms in total. The minimum Gasteiger partial charge on any atom is -0.245 e. The summed E-state index contributed by atoms with van der Waals surface area (Å²) in [5.74, 6) is 0. The van der Waals surface area contributed by atoms with Crippen LogP contribution in [0.1, 0.15) is 0 Å². The second-order valence-electron chi connectivity index (χ2n) is 12.9. The normalized spacial score (nSPS) is 11.6. The largest absolute Gasteiger partial charge is 0.245 e. The second kappa shape index (κ2) is 11.5. The molecule has 0 atom stereocenters. The van der Waals surface area contributed by atoms with Crippen molar-refractivity contribution < 1.29 is 0 Å². The predicted molar refractivity (Wildman–Crippen MR) is 211 cm³/mol. The molecule has 10 aromatic rings. The molecule has 50 heavy (non-hydrogen) atoms. The van der Waals surface area contributed by atoms with Crippen molar-refractivity contribution in [1.29, 1.82) is 0 Å². The van der Waals surface area contributed by atoms with E-state index in [4.69, 9.17) is 9.97 Å². The lowest BCUT2D eigenvalue weighted by atomic mass is 9.84. The molecule has 10 rings (SSSR count). The summed E-state index contributed by atoms with van der Waals surface area (Å²) in [6.07, 6.45) is 0. The quantitative estimate of drug-likeness (QED) is 0.142. The maximum atomic E-state index is 5.34. The molecule has 0 saturated carbocycles. The zero-order chi connectivity index (χ0) is 33.0. The van der Waals surface area contributed by atoms with Gasteiger partial charge in [-0.25, -0.2) is 9.97 Å². The van der Waals surface area contributed by atoms with Crippen LogP contribution in [0.2, 0.25) is 0 Å². The summed E-state index contributed by atoms with van der Waals surface area (Å²) in [5, 5.41) is 9.55. The number of benzene rings is 8. The fraction of sp³-hybridized carbons (Fsp3) is 0.